The number of halogens is 2. The molecule has 0 aliphatic carbocycles. The summed E-state index contributed by atoms with van der Waals surface area (Å²) in [5.41, 5.74) is 2.64. The fraction of sp³-hybridized carbons (Fsp3) is 0.167. The monoisotopic (exact) mass is 333 g/mol. The molecule has 0 N–H and O–H groups in total. The van der Waals surface area contributed by atoms with Crippen molar-refractivity contribution >= 4 is 23.2 Å². The van der Waals surface area contributed by atoms with Crippen molar-refractivity contribution in [1.29, 1.82) is 0 Å². The molecule has 114 valence electrons. The molecule has 0 saturated carbocycles. The first-order valence-corrected chi connectivity index (χ1v) is 7.89. The van der Waals surface area contributed by atoms with E-state index < -0.39 is 0 Å². The molecule has 0 fully saturated rings. The molecule has 0 amide bonds. The summed E-state index contributed by atoms with van der Waals surface area (Å²) in [6, 6.07) is 15.3. The third kappa shape index (κ3) is 3.52. The zero-order valence-corrected chi connectivity index (χ0v) is 14.2. The number of aryl methyl sites for hydroxylation is 1. The number of nitrogens with zero attached hydrogens (tertiary/aromatic N) is 1. The van der Waals surface area contributed by atoms with E-state index in [4.69, 9.17) is 27.6 Å². The van der Waals surface area contributed by atoms with Crippen LogP contribution in [0.1, 0.15) is 19.7 Å². The molecule has 0 radical (unpaired) electrons. The highest BCUT2D eigenvalue weighted by atomic mass is 35.5. The maximum absolute atomic E-state index is 6.08. The standard InChI is InChI=1S/C16H11Cl2NO.C2H6/c1-10-19-15(12-7-8-13(17)14(18)9-12)16(20-10)11-5-3-2-4-6-11;1-2/h2-9H,1H3;1-2H3. The van der Waals surface area contributed by atoms with Crippen LogP contribution >= 0.6 is 23.2 Å². The summed E-state index contributed by atoms with van der Waals surface area (Å²) >= 11 is 12.0. The van der Waals surface area contributed by atoms with Crippen LogP contribution in [0.2, 0.25) is 10.0 Å². The van der Waals surface area contributed by atoms with Crippen molar-refractivity contribution in [2.45, 2.75) is 20.8 Å². The Morgan fingerprint density at radius 3 is 2.18 bits per heavy atom. The van der Waals surface area contributed by atoms with Crippen molar-refractivity contribution in [3.05, 3.63) is 64.5 Å². The molecule has 22 heavy (non-hydrogen) atoms. The van der Waals surface area contributed by atoms with E-state index >= 15 is 0 Å². The summed E-state index contributed by atoms with van der Waals surface area (Å²) in [4.78, 5) is 4.46. The minimum Gasteiger partial charge on any atom is -0.440 e. The van der Waals surface area contributed by atoms with Gasteiger partial charge in [0.05, 0.1) is 10.0 Å². The minimum absolute atomic E-state index is 0.504. The van der Waals surface area contributed by atoms with Gasteiger partial charge in [0.2, 0.25) is 0 Å². The van der Waals surface area contributed by atoms with Crippen LogP contribution in [0.3, 0.4) is 0 Å². The first-order valence-electron chi connectivity index (χ1n) is 7.13. The number of hydrogen-bond acceptors (Lipinski definition) is 2. The molecule has 0 aliphatic rings. The Balaban J connectivity index is 0.000000847. The predicted octanol–water partition coefficient (Wildman–Crippen LogP) is 6.65. The highest BCUT2D eigenvalue weighted by molar-refractivity contribution is 6.42. The molecule has 1 heterocycles. The van der Waals surface area contributed by atoms with Crippen LogP contribution in [-0.2, 0) is 0 Å². The summed E-state index contributed by atoms with van der Waals surface area (Å²) in [7, 11) is 0. The molecule has 0 unspecified atom stereocenters. The third-order valence-corrected chi connectivity index (χ3v) is 3.70. The number of benzene rings is 2. The Bertz CT molecular complexity index is 751. The van der Waals surface area contributed by atoms with Gasteiger partial charge in [0.25, 0.3) is 0 Å². The molecular formula is C18H17Cl2NO. The number of rotatable bonds is 2. The van der Waals surface area contributed by atoms with Gasteiger partial charge in [0.15, 0.2) is 11.7 Å². The smallest absolute Gasteiger partial charge is 0.192 e. The van der Waals surface area contributed by atoms with Crippen molar-refractivity contribution in [3.63, 3.8) is 0 Å². The highest BCUT2D eigenvalue weighted by Gasteiger charge is 2.15. The number of oxazole rings is 1. The lowest BCUT2D eigenvalue weighted by Crippen LogP contribution is -1.83. The van der Waals surface area contributed by atoms with Crippen LogP contribution in [0.25, 0.3) is 22.6 Å². The third-order valence-electron chi connectivity index (χ3n) is 2.96. The van der Waals surface area contributed by atoms with Gasteiger partial charge < -0.3 is 4.42 Å². The first-order chi connectivity index (χ1) is 10.6. The summed E-state index contributed by atoms with van der Waals surface area (Å²) < 4.78 is 5.74. The normalized spacial score (nSPS) is 10.0. The second-order valence-electron chi connectivity index (χ2n) is 4.41. The second-order valence-corrected chi connectivity index (χ2v) is 5.22. The molecule has 0 saturated heterocycles. The minimum atomic E-state index is 0.504. The van der Waals surface area contributed by atoms with Gasteiger partial charge in [-0.25, -0.2) is 4.98 Å². The molecular weight excluding hydrogens is 317 g/mol. The zero-order valence-electron chi connectivity index (χ0n) is 12.7. The van der Waals surface area contributed by atoms with Crippen molar-refractivity contribution in [1.82, 2.24) is 4.98 Å². The quantitative estimate of drug-likeness (QED) is 0.524. The van der Waals surface area contributed by atoms with E-state index in [9.17, 15) is 0 Å². The molecule has 0 bridgehead atoms. The van der Waals surface area contributed by atoms with Gasteiger partial charge in [-0.1, -0.05) is 73.4 Å². The van der Waals surface area contributed by atoms with Gasteiger partial charge in [0.1, 0.15) is 5.69 Å². The molecule has 2 nitrogen and oxygen atoms in total. The Kier molecular flexibility index (Phi) is 5.64. The maximum Gasteiger partial charge on any atom is 0.192 e. The van der Waals surface area contributed by atoms with Gasteiger partial charge >= 0.3 is 0 Å². The summed E-state index contributed by atoms with van der Waals surface area (Å²) in [6.45, 7) is 5.83. The number of hydrogen-bond donors (Lipinski definition) is 0. The van der Waals surface area contributed by atoms with Crippen LogP contribution in [0.15, 0.2) is 52.9 Å². The highest BCUT2D eigenvalue weighted by Crippen LogP contribution is 2.35. The van der Waals surface area contributed by atoms with Crippen molar-refractivity contribution in [2.75, 3.05) is 0 Å². The van der Waals surface area contributed by atoms with E-state index in [1.807, 2.05) is 57.2 Å². The summed E-state index contributed by atoms with van der Waals surface area (Å²) in [5, 5.41) is 1.03. The predicted molar refractivity (Wildman–Crippen MR) is 93.5 cm³/mol. The fourth-order valence-electron chi connectivity index (χ4n) is 2.05. The van der Waals surface area contributed by atoms with E-state index in [-0.39, 0.29) is 0 Å². The SMILES string of the molecule is CC.Cc1nc(-c2ccc(Cl)c(Cl)c2)c(-c2ccccc2)o1. The Morgan fingerprint density at radius 2 is 1.55 bits per heavy atom. The van der Waals surface area contributed by atoms with Crippen LogP contribution < -0.4 is 0 Å². The Morgan fingerprint density at radius 1 is 0.864 bits per heavy atom. The molecule has 0 aliphatic heterocycles. The van der Waals surface area contributed by atoms with E-state index in [1.165, 1.54) is 0 Å². The van der Waals surface area contributed by atoms with E-state index in [1.54, 1.807) is 12.1 Å². The molecule has 2 aromatic carbocycles. The van der Waals surface area contributed by atoms with Gasteiger partial charge in [-0.15, -0.1) is 0 Å². The van der Waals surface area contributed by atoms with Gasteiger partial charge in [-0.2, -0.15) is 0 Å². The number of aromatic nitrogens is 1. The topological polar surface area (TPSA) is 26.0 Å². The second kappa shape index (κ2) is 7.48. The van der Waals surface area contributed by atoms with Gasteiger partial charge in [-0.3, -0.25) is 0 Å². The van der Waals surface area contributed by atoms with Crippen LogP contribution in [0, 0.1) is 6.92 Å². The lowest BCUT2D eigenvalue weighted by molar-refractivity contribution is 0.534. The van der Waals surface area contributed by atoms with Crippen molar-refractivity contribution < 1.29 is 4.42 Å². The maximum atomic E-state index is 6.08. The van der Waals surface area contributed by atoms with Crippen LogP contribution in [0.5, 0.6) is 0 Å². The summed E-state index contributed by atoms with van der Waals surface area (Å²) in [6.07, 6.45) is 0. The average Bonchev–Trinajstić information content (AvgIpc) is 2.95. The van der Waals surface area contributed by atoms with Gasteiger partial charge in [-0.05, 0) is 12.1 Å². The molecule has 1 aromatic heterocycles. The van der Waals surface area contributed by atoms with E-state index in [0.717, 1.165) is 22.6 Å². The lowest BCUT2D eigenvalue weighted by atomic mass is 10.1. The van der Waals surface area contributed by atoms with Crippen LogP contribution in [0.4, 0.5) is 0 Å². The van der Waals surface area contributed by atoms with Crippen LogP contribution in [-0.4, -0.2) is 4.98 Å². The Hall–Kier alpha value is -1.77. The van der Waals surface area contributed by atoms with Gasteiger partial charge in [0, 0.05) is 18.1 Å². The lowest BCUT2D eigenvalue weighted by Gasteiger charge is -2.03. The molecule has 3 rings (SSSR count). The fourth-order valence-corrected chi connectivity index (χ4v) is 2.35. The Labute approximate surface area is 140 Å². The van der Waals surface area contributed by atoms with Crippen molar-refractivity contribution in [2.24, 2.45) is 0 Å². The zero-order chi connectivity index (χ0) is 16.1. The van der Waals surface area contributed by atoms with Crippen molar-refractivity contribution in [3.8, 4) is 22.6 Å². The average molecular weight is 334 g/mol. The molecule has 0 spiro atoms. The molecule has 3 aromatic rings. The molecule has 0 atom stereocenters. The first kappa shape index (κ1) is 16.6. The summed E-state index contributed by atoms with van der Waals surface area (Å²) in [5.74, 6) is 1.35. The van der Waals surface area contributed by atoms with E-state index in [2.05, 4.69) is 4.98 Å². The largest absolute Gasteiger partial charge is 0.440 e. The van der Waals surface area contributed by atoms with E-state index in [0.29, 0.717) is 15.9 Å². The molecule has 4 heteroatoms.